The maximum Gasteiger partial charge on any atom is 0.0941 e. The summed E-state index contributed by atoms with van der Waals surface area (Å²) in [6.45, 7) is 0. The third-order valence-electron chi connectivity index (χ3n) is 2.62. The Kier molecular flexibility index (Phi) is 2.61. The second-order valence-corrected chi connectivity index (χ2v) is 4.71. The number of hydrogen-bond acceptors (Lipinski definition) is 2. The molecule has 17 heavy (non-hydrogen) atoms. The standard InChI is InChI=1S/C14H9BrN2/c15-12-7-6-11-8-13(16-17-14(11)9-12)10-4-2-1-3-5-10/h1-9H. The van der Waals surface area contributed by atoms with Crippen LogP contribution in [0, 0.1) is 0 Å². The van der Waals surface area contributed by atoms with Gasteiger partial charge in [-0.3, -0.25) is 0 Å². The molecule has 1 aromatic heterocycles. The molecule has 0 bridgehead atoms. The summed E-state index contributed by atoms with van der Waals surface area (Å²) in [7, 11) is 0. The first-order valence-corrected chi connectivity index (χ1v) is 6.11. The van der Waals surface area contributed by atoms with Gasteiger partial charge in [0.15, 0.2) is 0 Å². The molecule has 0 saturated heterocycles. The van der Waals surface area contributed by atoms with Gasteiger partial charge in [-0.25, -0.2) is 0 Å². The lowest BCUT2D eigenvalue weighted by atomic mass is 10.1. The van der Waals surface area contributed by atoms with Crippen LogP contribution in [-0.4, -0.2) is 10.2 Å². The summed E-state index contributed by atoms with van der Waals surface area (Å²) in [5, 5.41) is 9.58. The van der Waals surface area contributed by atoms with E-state index in [1.807, 2.05) is 48.5 Å². The van der Waals surface area contributed by atoms with E-state index in [4.69, 9.17) is 0 Å². The van der Waals surface area contributed by atoms with E-state index in [0.717, 1.165) is 26.6 Å². The number of fused-ring (bicyclic) bond motifs is 1. The predicted octanol–water partition coefficient (Wildman–Crippen LogP) is 4.06. The van der Waals surface area contributed by atoms with Crippen LogP contribution in [0.5, 0.6) is 0 Å². The molecule has 2 nitrogen and oxygen atoms in total. The molecule has 0 fully saturated rings. The highest BCUT2D eigenvalue weighted by molar-refractivity contribution is 9.10. The Hall–Kier alpha value is -1.74. The zero-order chi connectivity index (χ0) is 11.7. The Morgan fingerprint density at radius 3 is 2.47 bits per heavy atom. The average molecular weight is 285 g/mol. The molecule has 3 rings (SSSR count). The van der Waals surface area contributed by atoms with Crippen molar-refractivity contribution < 1.29 is 0 Å². The van der Waals surface area contributed by atoms with E-state index in [9.17, 15) is 0 Å². The SMILES string of the molecule is Brc1ccc2cc(-c3ccccc3)nnc2c1. The van der Waals surface area contributed by atoms with Crippen molar-refractivity contribution in [2.75, 3.05) is 0 Å². The summed E-state index contributed by atoms with van der Waals surface area (Å²) in [5.74, 6) is 0. The van der Waals surface area contributed by atoms with Crippen molar-refractivity contribution in [1.29, 1.82) is 0 Å². The van der Waals surface area contributed by atoms with Crippen LogP contribution in [0.1, 0.15) is 0 Å². The largest absolute Gasteiger partial charge is 0.150 e. The third-order valence-corrected chi connectivity index (χ3v) is 3.11. The van der Waals surface area contributed by atoms with Crippen molar-refractivity contribution in [3.8, 4) is 11.3 Å². The van der Waals surface area contributed by atoms with E-state index >= 15 is 0 Å². The molecular formula is C14H9BrN2. The van der Waals surface area contributed by atoms with Crippen LogP contribution < -0.4 is 0 Å². The number of hydrogen-bond donors (Lipinski definition) is 0. The van der Waals surface area contributed by atoms with Gasteiger partial charge in [-0.1, -0.05) is 52.3 Å². The van der Waals surface area contributed by atoms with E-state index in [1.54, 1.807) is 0 Å². The minimum Gasteiger partial charge on any atom is -0.150 e. The summed E-state index contributed by atoms with van der Waals surface area (Å²) in [6, 6.07) is 18.2. The summed E-state index contributed by atoms with van der Waals surface area (Å²) in [4.78, 5) is 0. The van der Waals surface area contributed by atoms with E-state index < -0.39 is 0 Å². The van der Waals surface area contributed by atoms with Crippen molar-refractivity contribution in [2.24, 2.45) is 0 Å². The maximum atomic E-state index is 4.25. The molecule has 2 aromatic carbocycles. The summed E-state index contributed by atoms with van der Waals surface area (Å²) < 4.78 is 1.02. The molecule has 0 aliphatic heterocycles. The fraction of sp³-hybridized carbons (Fsp3) is 0. The zero-order valence-corrected chi connectivity index (χ0v) is 10.6. The quantitative estimate of drug-likeness (QED) is 0.673. The number of halogens is 1. The van der Waals surface area contributed by atoms with Gasteiger partial charge in [-0.2, -0.15) is 0 Å². The first-order chi connectivity index (χ1) is 8.33. The third kappa shape index (κ3) is 2.06. The molecule has 82 valence electrons. The number of nitrogens with zero attached hydrogens (tertiary/aromatic N) is 2. The lowest BCUT2D eigenvalue weighted by molar-refractivity contribution is 1.08. The molecule has 3 heteroatoms. The Bertz CT molecular complexity index is 665. The summed E-state index contributed by atoms with van der Waals surface area (Å²) >= 11 is 3.43. The van der Waals surface area contributed by atoms with Gasteiger partial charge in [0, 0.05) is 15.4 Å². The Labute approximate surface area is 107 Å². The fourth-order valence-corrected chi connectivity index (χ4v) is 2.11. The molecule has 0 radical (unpaired) electrons. The number of rotatable bonds is 1. The van der Waals surface area contributed by atoms with Crippen LogP contribution in [0.25, 0.3) is 22.2 Å². The Balaban J connectivity index is 2.17. The van der Waals surface area contributed by atoms with Crippen molar-refractivity contribution in [1.82, 2.24) is 10.2 Å². The summed E-state index contributed by atoms with van der Waals surface area (Å²) in [6.07, 6.45) is 0. The summed E-state index contributed by atoms with van der Waals surface area (Å²) in [5.41, 5.74) is 2.89. The molecule has 0 spiro atoms. The Morgan fingerprint density at radius 2 is 1.65 bits per heavy atom. The van der Waals surface area contributed by atoms with Crippen molar-refractivity contribution in [2.45, 2.75) is 0 Å². The van der Waals surface area contributed by atoms with Gasteiger partial charge in [0.25, 0.3) is 0 Å². The lowest BCUT2D eigenvalue weighted by Gasteiger charge is -2.02. The first-order valence-electron chi connectivity index (χ1n) is 5.31. The second-order valence-electron chi connectivity index (χ2n) is 3.80. The molecule has 0 N–H and O–H groups in total. The van der Waals surface area contributed by atoms with Gasteiger partial charge >= 0.3 is 0 Å². The topological polar surface area (TPSA) is 25.8 Å². The average Bonchev–Trinajstić information content (AvgIpc) is 2.39. The highest BCUT2D eigenvalue weighted by Gasteiger charge is 2.02. The van der Waals surface area contributed by atoms with Crippen LogP contribution in [0.4, 0.5) is 0 Å². The molecule has 1 heterocycles. The van der Waals surface area contributed by atoms with Gasteiger partial charge < -0.3 is 0 Å². The molecule has 0 aliphatic rings. The second kappa shape index (κ2) is 4.26. The molecule has 0 saturated carbocycles. The Morgan fingerprint density at radius 1 is 0.824 bits per heavy atom. The zero-order valence-electron chi connectivity index (χ0n) is 8.97. The maximum absolute atomic E-state index is 4.25. The van der Waals surface area contributed by atoms with Crippen LogP contribution in [0.3, 0.4) is 0 Å². The minimum absolute atomic E-state index is 0.902. The highest BCUT2D eigenvalue weighted by Crippen LogP contribution is 2.22. The normalized spacial score (nSPS) is 10.6. The van der Waals surface area contributed by atoms with Gasteiger partial charge in [0.2, 0.25) is 0 Å². The van der Waals surface area contributed by atoms with E-state index in [1.165, 1.54) is 0 Å². The molecule has 0 aliphatic carbocycles. The van der Waals surface area contributed by atoms with Gasteiger partial charge in [-0.05, 0) is 18.2 Å². The molecule has 0 atom stereocenters. The van der Waals surface area contributed by atoms with Crippen LogP contribution in [0.2, 0.25) is 0 Å². The predicted molar refractivity (Wildman–Crippen MR) is 72.7 cm³/mol. The van der Waals surface area contributed by atoms with E-state index in [0.29, 0.717) is 0 Å². The van der Waals surface area contributed by atoms with Crippen molar-refractivity contribution in [3.63, 3.8) is 0 Å². The smallest absolute Gasteiger partial charge is 0.0941 e. The van der Waals surface area contributed by atoms with Gasteiger partial charge in [0.05, 0.1) is 11.2 Å². The van der Waals surface area contributed by atoms with Crippen LogP contribution in [0.15, 0.2) is 59.1 Å². The van der Waals surface area contributed by atoms with Crippen molar-refractivity contribution in [3.05, 3.63) is 59.1 Å². The molecular weight excluding hydrogens is 276 g/mol. The lowest BCUT2D eigenvalue weighted by Crippen LogP contribution is -1.88. The number of benzene rings is 2. The van der Waals surface area contributed by atoms with E-state index in [2.05, 4.69) is 32.2 Å². The molecule has 3 aromatic rings. The first kappa shape index (κ1) is 10.4. The highest BCUT2D eigenvalue weighted by atomic mass is 79.9. The molecule has 0 unspecified atom stereocenters. The monoisotopic (exact) mass is 284 g/mol. The minimum atomic E-state index is 0.902. The van der Waals surface area contributed by atoms with Gasteiger partial charge in [-0.15, -0.1) is 10.2 Å². The van der Waals surface area contributed by atoms with Crippen molar-refractivity contribution >= 4 is 26.8 Å². The van der Waals surface area contributed by atoms with Gasteiger partial charge in [0.1, 0.15) is 0 Å². The molecule has 0 amide bonds. The van der Waals surface area contributed by atoms with E-state index in [-0.39, 0.29) is 0 Å². The van der Waals surface area contributed by atoms with Crippen LogP contribution in [-0.2, 0) is 0 Å². The fourth-order valence-electron chi connectivity index (χ4n) is 1.76. The number of aromatic nitrogens is 2. The van der Waals surface area contributed by atoms with Crippen LogP contribution >= 0.6 is 15.9 Å².